The summed E-state index contributed by atoms with van der Waals surface area (Å²) in [6.45, 7) is 5.50. The van der Waals surface area contributed by atoms with E-state index in [9.17, 15) is 4.79 Å². The van der Waals surface area contributed by atoms with Crippen LogP contribution in [0.25, 0.3) is 0 Å². The number of rotatable bonds is 5. The first kappa shape index (κ1) is 15.3. The normalized spacial score (nSPS) is 31.4. The van der Waals surface area contributed by atoms with Crippen LogP contribution in [0, 0.1) is 17.8 Å². The van der Waals surface area contributed by atoms with Crippen LogP contribution in [0.3, 0.4) is 0 Å². The zero-order valence-corrected chi connectivity index (χ0v) is 13.7. The summed E-state index contributed by atoms with van der Waals surface area (Å²) >= 11 is 0. The maximum Gasteiger partial charge on any atom is 0.222 e. The third-order valence-corrected chi connectivity index (χ3v) is 5.75. The number of likely N-dealkylation sites (tertiary alicyclic amines) is 1. The second kappa shape index (κ2) is 7.13. The van der Waals surface area contributed by atoms with E-state index in [2.05, 4.69) is 17.1 Å². The van der Waals surface area contributed by atoms with Gasteiger partial charge in [0.15, 0.2) is 0 Å². The second-order valence-corrected chi connectivity index (χ2v) is 7.85. The van der Waals surface area contributed by atoms with E-state index in [1.807, 2.05) is 0 Å². The number of carbonyl (C=O) groups is 1. The molecule has 3 heteroatoms. The van der Waals surface area contributed by atoms with Crippen LogP contribution in [0.1, 0.15) is 64.7 Å². The average Bonchev–Trinajstić information content (AvgIpc) is 3.30. The van der Waals surface area contributed by atoms with Crippen molar-refractivity contribution in [3.63, 3.8) is 0 Å². The zero-order chi connectivity index (χ0) is 14.7. The summed E-state index contributed by atoms with van der Waals surface area (Å²) in [5, 5.41) is 3.69. The molecule has 1 amide bonds. The highest BCUT2D eigenvalue weighted by atomic mass is 16.2. The molecule has 2 saturated carbocycles. The van der Waals surface area contributed by atoms with Crippen LogP contribution in [-0.4, -0.2) is 36.5 Å². The number of nitrogens with zero attached hydrogens (tertiary/aromatic N) is 1. The van der Waals surface area contributed by atoms with E-state index in [0.29, 0.717) is 17.9 Å². The summed E-state index contributed by atoms with van der Waals surface area (Å²) < 4.78 is 0. The van der Waals surface area contributed by atoms with Crippen molar-refractivity contribution >= 4 is 5.91 Å². The lowest BCUT2D eigenvalue weighted by molar-refractivity contribution is -0.133. The quantitative estimate of drug-likeness (QED) is 0.844. The van der Waals surface area contributed by atoms with Crippen molar-refractivity contribution in [3.05, 3.63) is 0 Å². The highest BCUT2D eigenvalue weighted by molar-refractivity contribution is 5.76. The van der Waals surface area contributed by atoms with E-state index in [-0.39, 0.29) is 0 Å². The first-order valence-electron chi connectivity index (χ1n) is 9.22. The molecule has 3 aliphatic rings. The molecule has 2 aliphatic carbocycles. The summed E-state index contributed by atoms with van der Waals surface area (Å²) in [7, 11) is 0. The third kappa shape index (κ3) is 4.70. The minimum Gasteiger partial charge on any atom is -0.343 e. The molecule has 0 bridgehead atoms. The van der Waals surface area contributed by atoms with Crippen LogP contribution < -0.4 is 5.32 Å². The van der Waals surface area contributed by atoms with Crippen molar-refractivity contribution in [3.8, 4) is 0 Å². The Morgan fingerprint density at radius 1 is 1.05 bits per heavy atom. The molecule has 0 radical (unpaired) electrons. The van der Waals surface area contributed by atoms with E-state index in [0.717, 1.165) is 44.2 Å². The van der Waals surface area contributed by atoms with Crippen LogP contribution in [0.4, 0.5) is 0 Å². The maximum atomic E-state index is 12.5. The molecule has 0 spiro atoms. The molecule has 0 aromatic rings. The first-order chi connectivity index (χ1) is 10.2. The van der Waals surface area contributed by atoms with Gasteiger partial charge in [-0.1, -0.05) is 19.8 Å². The summed E-state index contributed by atoms with van der Waals surface area (Å²) in [6, 6.07) is 0.657. The lowest BCUT2D eigenvalue weighted by Gasteiger charge is -2.34. The van der Waals surface area contributed by atoms with Gasteiger partial charge in [-0.3, -0.25) is 4.79 Å². The Balaban J connectivity index is 1.35. The second-order valence-electron chi connectivity index (χ2n) is 7.85. The molecule has 3 fully saturated rings. The number of carbonyl (C=O) groups excluding carboxylic acids is 1. The highest BCUT2D eigenvalue weighted by Crippen LogP contribution is 2.31. The summed E-state index contributed by atoms with van der Waals surface area (Å²) in [5.74, 6) is 2.87. The summed E-state index contributed by atoms with van der Waals surface area (Å²) in [5.41, 5.74) is 0. The smallest absolute Gasteiger partial charge is 0.222 e. The van der Waals surface area contributed by atoms with Crippen LogP contribution in [0.5, 0.6) is 0 Å². The van der Waals surface area contributed by atoms with Crippen molar-refractivity contribution in [2.75, 3.05) is 19.6 Å². The minimum atomic E-state index is 0.426. The van der Waals surface area contributed by atoms with E-state index < -0.39 is 0 Å². The molecule has 0 aromatic heterocycles. The molecule has 3 nitrogen and oxygen atoms in total. The predicted molar refractivity (Wildman–Crippen MR) is 86.1 cm³/mol. The fourth-order valence-corrected chi connectivity index (χ4v) is 4.11. The van der Waals surface area contributed by atoms with Crippen molar-refractivity contribution in [1.29, 1.82) is 0 Å². The first-order valence-corrected chi connectivity index (χ1v) is 9.22. The SMILES string of the molecule is CC1CCCC(CC(=O)N2CCC(NCC3CC3)CC2)C1. The van der Waals surface area contributed by atoms with Crippen LogP contribution in [0.2, 0.25) is 0 Å². The van der Waals surface area contributed by atoms with Gasteiger partial charge in [-0.05, 0) is 62.8 Å². The van der Waals surface area contributed by atoms with Gasteiger partial charge in [0, 0.05) is 25.6 Å². The third-order valence-electron chi connectivity index (χ3n) is 5.75. The van der Waals surface area contributed by atoms with Gasteiger partial charge < -0.3 is 10.2 Å². The van der Waals surface area contributed by atoms with Gasteiger partial charge in [0.05, 0.1) is 0 Å². The lowest BCUT2D eigenvalue weighted by atomic mass is 9.80. The van der Waals surface area contributed by atoms with Gasteiger partial charge in [0.1, 0.15) is 0 Å². The molecular formula is C18H32N2O. The molecule has 3 rings (SSSR count). The molecule has 1 saturated heterocycles. The predicted octanol–water partition coefficient (Wildman–Crippen LogP) is 3.19. The fraction of sp³-hybridized carbons (Fsp3) is 0.944. The van der Waals surface area contributed by atoms with Crippen molar-refractivity contribution in [2.24, 2.45) is 17.8 Å². The molecule has 2 unspecified atom stereocenters. The maximum absolute atomic E-state index is 12.5. The molecule has 2 atom stereocenters. The molecule has 120 valence electrons. The van der Waals surface area contributed by atoms with Gasteiger partial charge in [0.2, 0.25) is 5.91 Å². The van der Waals surface area contributed by atoms with E-state index >= 15 is 0 Å². The largest absolute Gasteiger partial charge is 0.343 e. The lowest BCUT2D eigenvalue weighted by Crippen LogP contribution is -2.45. The Hall–Kier alpha value is -0.570. The molecule has 1 heterocycles. The van der Waals surface area contributed by atoms with E-state index in [4.69, 9.17) is 0 Å². The Morgan fingerprint density at radius 3 is 2.48 bits per heavy atom. The summed E-state index contributed by atoms with van der Waals surface area (Å²) in [4.78, 5) is 14.6. The Morgan fingerprint density at radius 2 is 1.81 bits per heavy atom. The number of amides is 1. The highest BCUT2D eigenvalue weighted by Gasteiger charge is 2.28. The standard InChI is InChI=1S/C18H32N2O/c1-14-3-2-4-16(11-14)12-18(21)20-9-7-17(8-10-20)19-13-15-5-6-15/h14-17,19H,2-13H2,1H3. The van der Waals surface area contributed by atoms with Gasteiger partial charge >= 0.3 is 0 Å². The van der Waals surface area contributed by atoms with Gasteiger partial charge in [-0.2, -0.15) is 0 Å². The molecule has 0 aromatic carbocycles. The average molecular weight is 292 g/mol. The Labute approximate surface area is 129 Å². The van der Waals surface area contributed by atoms with Gasteiger partial charge in [0.25, 0.3) is 0 Å². The number of hydrogen-bond acceptors (Lipinski definition) is 2. The van der Waals surface area contributed by atoms with Gasteiger partial charge in [-0.25, -0.2) is 0 Å². The Bertz CT molecular complexity index is 345. The van der Waals surface area contributed by atoms with E-state index in [1.165, 1.54) is 45.1 Å². The van der Waals surface area contributed by atoms with Crippen LogP contribution in [-0.2, 0) is 4.79 Å². The van der Waals surface area contributed by atoms with Gasteiger partial charge in [-0.15, -0.1) is 0 Å². The van der Waals surface area contributed by atoms with Crippen molar-refractivity contribution in [1.82, 2.24) is 10.2 Å². The fourth-order valence-electron chi connectivity index (χ4n) is 4.11. The van der Waals surface area contributed by atoms with Crippen molar-refractivity contribution < 1.29 is 4.79 Å². The zero-order valence-electron chi connectivity index (χ0n) is 13.7. The van der Waals surface area contributed by atoms with E-state index in [1.54, 1.807) is 0 Å². The van der Waals surface area contributed by atoms with Crippen molar-refractivity contribution in [2.45, 2.75) is 70.8 Å². The molecule has 21 heavy (non-hydrogen) atoms. The monoisotopic (exact) mass is 292 g/mol. The molecule has 1 aliphatic heterocycles. The summed E-state index contributed by atoms with van der Waals surface area (Å²) in [6.07, 6.45) is 11.2. The molecule has 1 N–H and O–H groups in total. The Kier molecular flexibility index (Phi) is 5.20. The van der Waals surface area contributed by atoms with Crippen LogP contribution >= 0.6 is 0 Å². The van der Waals surface area contributed by atoms with Crippen LogP contribution in [0.15, 0.2) is 0 Å². The number of nitrogens with one attached hydrogen (secondary N) is 1. The number of hydrogen-bond donors (Lipinski definition) is 1. The molecular weight excluding hydrogens is 260 g/mol. The number of piperidine rings is 1. The topological polar surface area (TPSA) is 32.3 Å². The minimum absolute atomic E-state index is 0.426.